The van der Waals surface area contributed by atoms with Crippen LogP contribution in [0.1, 0.15) is 45.4 Å². The van der Waals surface area contributed by atoms with Gasteiger partial charge in [-0.1, -0.05) is 0 Å². The Morgan fingerprint density at radius 1 is 1.20 bits per heavy atom. The van der Waals surface area contributed by atoms with Crippen LogP contribution in [0.15, 0.2) is 0 Å². The summed E-state index contributed by atoms with van der Waals surface area (Å²) >= 11 is 0. The third-order valence-electron chi connectivity index (χ3n) is 4.52. The monoisotopic (exact) mass is 209 g/mol. The summed E-state index contributed by atoms with van der Waals surface area (Å²) in [5.41, 5.74) is 6.33. The quantitative estimate of drug-likeness (QED) is 0.774. The molecule has 3 fully saturated rings. The minimum absolute atomic E-state index is 0.122. The molecule has 0 unspecified atom stereocenters. The second kappa shape index (κ2) is 3.46. The molecule has 3 aliphatic rings. The van der Waals surface area contributed by atoms with Crippen molar-refractivity contribution in [3.63, 3.8) is 0 Å². The largest absolute Gasteiger partial charge is 0.378 e. The normalized spacial score (nSPS) is 49.6. The molecule has 2 nitrogen and oxygen atoms in total. The first-order chi connectivity index (χ1) is 7.12. The summed E-state index contributed by atoms with van der Waals surface area (Å²) in [6.07, 6.45) is 8.38. The molecule has 3 saturated carbocycles. The lowest BCUT2D eigenvalue weighted by atomic mass is 9.97. The maximum Gasteiger partial charge on any atom is 0.0580 e. The Hall–Kier alpha value is -0.0800. The van der Waals surface area contributed by atoms with Gasteiger partial charge in [0.25, 0.3) is 0 Å². The van der Waals surface area contributed by atoms with Gasteiger partial charge in [0.1, 0.15) is 0 Å². The van der Waals surface area contributed by atoms with Gasteiger partial charge in [0.2, 0.25) is 0 Å². The second-order valence-electron chi connectivity index (χ2n) is 6.45. The smallest absolute Gasteiger partial charge is 0.0580 e. The molecule has 0 aromatic rings. The highest BCUT2D eigenvalue weighted by molar-refractivity contribution is 5.00. The van der Waals surface area contributed by atoms with Crippen molar-refractivity contribution in [3.8, 4) is 0 Å². The first-order valence-electron chi connectivity index (χ1n) is 6.53. The summed E-state index contributed by atoms with van der Waals surface area (Å²) in [6.45, 7) is 3.25. The van der Waals surface area contributed by atoms with Crippen LogP contribution in [0.3, 0.4) is 0 Å². The Bertz CT molecular complexity index is 231. The number of nitrogens with two attached hydrogens (primary N) is 1. The molecule has 0 aromatic heterocycles. The van der Waals surface area contributed by atoms with Crippen molar-refractivity contribution in [2.24, 2.45) is 23.5 Å². The molecule has 3 rings (SSSR count). The highest BCUT2D eigenvalue weighted by atomic mass is 16.5. The Morgan fingerprint density at radius 2 is 1.80 bits per heavy atom. The third kappa shape index (κ3) is 2.21. The minimum atomic E-state index is 0.122. The van der Waals surface area contributed by atoms with E-state index in [1.54, 1.807) is 0 Å². The van der Waals surface area contributed by atoms with Crippen LogP contribution in [-0.4, -0.2) is 18.2 Å². The molecule has 0 aromatic carbocycles. The molecular weight excluding hydrogens is 186 g/mol. The summed E-state index contributed by atoms with van der Waals surface area (Å²) in [5, 5.41) is 0. The van der Waals surface area contributed by atoms with Gasteiger partial charge in [-0.25, -0.2) is 0 Å². The van der Waals surface area contributed by atoms with E-state index in [1.807, 2.05) is 0 Å². The summed E-state index contributed by atoms with van der Waals surface area (Å²) < 4.78 is 5.99. The zero-order valence-electron chi connectivity index (χ0n) is 9.74. The molecule has 0 radical (unpaired) electrons. The molecule has 2 N–H and O–H groups in total. The van der Waals surface area contributed by atoms with Crippen LogP contribution in [0.5, 0.6) is 0 Å². The van der Waals surface area contributed by atoms with E-state index in [1.165, 1.54) is 38.5 Å². The molecule has 0 aliphatic heterocycles. The zero-order chi connectivity index (χ0) is 10.5. The summed E-state index contributed by atoms with van der Waals surface area (Å²) in [7, 11) is 0. The van der Waals surface area contributed by atoms with Crippen molar-refractivity contribution >= 4 is 0 Å². The van der Waals surface area contributed by atoms with Gasteiger partial charge < -0.3 is 10.5 Å². The third-order valence-corrected chi connectivity index (χ3v) is 4.52. The predicted molar refractivity (Wildman–Crippen MR) is 60.5 cm³/mol. The van der Waals surface area contributed by atoms with Gasteiger partial charge >= 0.3 is 0 Å². The van der Waals surface area contributed by atoms with E-state index in [0.29, 0.717) is 6.10 Å². The van der Waals surface area contributed by atoms with Gasteiger partial charge in [0, 0.05) is 12.1 Å². The topological polar surface area (TPSA) is 35.2 Å². The van der Waals surface area contributed by atoms with Crippen molar-refractivity contribution in [2.75, 3.05) is 6.61 Å². The fourth-order valence-electron chi connectivity index (χ4n) is 3.63. The molecule has 3 aliphatic carbocycles. The average molecular weight is 209 g/mol. The zero-order valence-corrected chi connectivity index (χ0v) is 9.74. The van der Waals surface area contributed by atoms with Gasteiger partial charge in [-0.3, -0.25) is 0 Å². The van der Waals surface area contributed by atoms with E-state index >= 15 is 0 Å². The van der Waals surface area contributed by atoms with E-state index in [-0.39, 0.29) is 5.54 Å². The summed E-state index contributed by atoms with van der Waals surface area (Å²) in [5.74, 6) is 2.64. The van der Waals surface area contributed by atoms with Crippen LogP contribution in [0, 0.1) is 17.8 Å². The Balaban J connectivity index is 1.48. The maximum absolute atomic E-state index is 6.20. The number of rotatable bonds is 3. The van der Waals surface area contributed by atoms with E-state index in [0.717, 1.165) is 24.4 Å². The highest BCUT2D eigenvalue weighted by Crippen LogP contribution is 2.48. The van der Waals surface area contributed by atoms with E-state index in [9.17, 15) is 0 Å². The first kappa shape index (κ1) is 10.1. The first-order valence-corrected chi connectivity index (χ1v) is 6.53. The summed E-state index contributed by atoms with van der Waals surface area (Å²) in [4.78, 5) is 0. The Labute approximate surface area is 92.6 Å². The molecule has 86 valence electrons. The lowest BCUT2D eigenvalue weighted by molar-refractivity contribution is 0.0439. The van der Waals surface area contributed by atoms with Crippen molar-refractivity contribution in [1.29, 1.82) is 0 Å². The van der Waals surface area contributed by atoms with Crippen LogP contribution in [0.4, 0.5) is 0 Å². The van der Waals surface area contributed by atoms with Gasteiger partial charge in [-0.2, -0.15) is 0 Å². The lowest BCUT2D eigenvalue weighted by Crippen LogP contribution is -2.33. The molecular formula is C13H23NO. The van der Waals surface area contributed by atoms with E-state index in [4.69, 9.17) is 10.5 Å². The average Bonchev–Trinajstić information content (AvgIpc) is 2.82. The number of ether oxygens (including phenoxy) is 1. The summed E-state index contributed by atoms with van der Waals surface area (Å²) in [6, 6.07) is 0. The SMILES string of the molecule is C[C@]1(N)C[C@H]2C[C@@H](OCC3CC3)C[C@H]2C1. The molecule has 0 bridgehead atoms. The van der Waals surface area contributed by atoms with E-state index in [2.05, 4.69) is 6.92 Å². The highest BCUT2D eigenvalue weighted by Gasteiger charge is 2.45. The van der Waals surface area contributed by atoms with Crippen LogP contribution in [0.2, 0.25) is 0 Å². The Kier molecular flexibility index (Phi) is 2.33. The number of hydrogen-bond donors (Lipinski definition) is 1. The van der Waals surface area contributed by atoms with Crippen molar-refractivity contribution in [3.05, 3.63) is 0 Å². The number of fused-ring (bicyclic) bond motifs is 1. The van der Waals surface area contributed by atoms with Crippen LogP contribution >= 0.6 is 0 Å². The fraction of sp³-hybridized carbons (Fsp3) is 1.00. The lowest BCUT2D eigenvalue weighted by Gasteiger charge is -2.20. The van der Waals surface area contributed by atoms with Crippen LogP contribution < -0.4 is 5.73 Å². The van der Waals surface area contributed by atoms with Crippen molar-refractivity contribution < 1.29 is 4.74 Å². The molecule has 0 spiro atoms. The number of hydrogen-bond acceptors (Lipinski definition) is 2. The maximum atomic E-state index is 6.20. The minimum Gasteiger partial charge on any atom is -0.378 e. The standard InChI is InChI=1S/C13H23NO/c1-13(14)6-10-4-12(5-11(10)7-13)15-8-9-2-3-9/h9-12H,2-8,14H2,1H3/t10-,11+,12-,13+. The van der Waals surface area contributed by atoms with Crippen molar-refractivity contribution in [1.82, 2.24) is 0 Å². The van der Waals surface area contributed by atoms with Gasteiger partial charge in [0.15, 0.2) is 0 Å². The van der Waals surface area contributed by atoms with Gasteiger partial charge in [0.05, 0.1) is 6.10 Å². The van der Waals surface area contributed by atoms with Gasteiger partial charge in [-0.15, -0.1) is 0 Å². The molecule has 4 atom stereocenters. The Morgan fingerprint density at radius 3 is 2.33 bits per heavy atom. The van der Waals surface area contributed by atoms with E-state index < -0.39 is 0 Å². The predicted octanol–water partition coefficient (Wildman–Crippen LogP) is 2.32. The molecule has 15 heavy (non-hydrogen) atoms. The molecule has 0 saturated heterocycles. The fourth-order valence-corrected chi connectivity index (χ4v) is 3.63. The molecule has 2 heteroatoms. The molecule has 0 amide bonds. The van der Waals surface area contributed by atoms with Crippen molar-refractivity contribution in [2.45, 2.75) is 57.1 Å². The van der Waals surface area contributed by atoms with Gasteiger partial charge in [-0.05, 0) is 63.2 Å². The van der Waals surface area contributed by atoms with Crippen LogP contribution in [-0.2, 0) is 4.74 Å². The second-order valence-corrected chi connectivity index (χ2v) is 6.45. The molecule has 0 heterocycles. The van der Waals surface area contributed by atoms with Crippen LogP contribution in [0.25, 0.3) is 0 Å².